The van der Waals surface area contributed by atoms with Gasteiger partial charge in [0.05, 0.1) is 4.90 Å². The average Bonchev–Trinajstić information content (AvgIpc) is 2.66. The van der Waals surface area contributed by atoms with Crippen molar-refractivity contribution in [3.05, 3.63) is 65.5 Å². The summed E-state index contributed by atoms with van der Waals surface area (Å²) in [7, 11) is -3.82. The summed E-state index contributed by atoms with van der Waals surface area (Å²) in [6.45, 7) is 2.09. The van der Waals surface area contributed by atoms with E-state index in [-0.39, 0.29) is 17.3 Å². The highest BCUT2D eigenvalue weighted by Gasteiger charge is 2.25. The van der Waals surface area contributed by atoms with Gasteiger partial charge in [0.1, 0.15) is 11.9 Å². The third kappa shape index (κ3) is 6.61. The monoisotopic (exact) mass is 424 g/mol. The zero-order valence-electron chi connectivity index (χ0n) is 15.9. The Morgan fingerprint density at radius 1 is 1.14 bits per heavy atom. The predicted octanol–water partition coefficient (Wildman–Crippen LogP) is 2.89. The van der Waals surface area contributed by atoms with Crippen LogP contribution in [0.4, 0.5) is 4.39 Å². The molecule has 1 unspecified atom stereocenters. The summed E-state index contributed by atoms with van der Waals surface area (Å²) >= 11 is 1.53. The third-order valence-electron chi connectivity index (χ3n) is 4.21. The van der Waals surface area contributed by atoms with E-state index in [0.29, 0.717) is 24.2 Å². The average molecular weight is 425 g/mol. The maximum atomic E-state index is 13.7. The van der Waals surface area contributed by atoms with E-state index in [2.05, 4.69) is 10.0 Å². The molecule has 0 spiro atoms. The van der Waals surface area contributed by atoms with Gasteiger partial charge in [-0.3, -0.25) is 4.79 Å². The SMILES string of the molecule is CSCCC(NS(=O)(=O)c1ccc(C)cc1)C(=O)NCCc1ccccc1F. The number of carbonyl (C=O) groups excluding carboxylic acids is 1. The van der Waals surface area contributed by atoms with Crippen LogP contribution in [0.2, 0.25) is 0 Å². The van der Waals surface area contributed by atoms with Crippen molar-refractivity contribution >= 4 is 27.7 Å². The normalized spacial score (nSPS) is 12.5. The lowest BCUT2D eigenvalue weighted by Crippen LogP contribution is -2.47. The summed E-state index contributed by atoms with van der Waals surface area (Å²) in [5, 5.41) is 2.71. The van der Waals surface area contributed by atoms with Crippen molar-refractivity contribution in [2.45, 2.75) is 30.7 Å². The molecule has 0 aliphatic carbocycles. The summed E-state index contributed by atoms with van der Waals surface area (Å²) in [5.74, 6) is -0.112. The van der Waals surface area contributed by atoms with Crippen LogP contribution in [0.3, 0.4) is 0 Å². The van der Waals surface area contributed by atoms with Crippen LogP contribution in [-0.4, -0.2) is 38.9 Å². The molecule has 0 aromatic heterocycles. The lowest BCUT2D eigenvalue weighted by Gasteiger charge is -2.18. The minimum absolute atomic E-state index is 0.117. The van der Waals surface area contributed by atoms with Crippen LogP contribution in [-0.2, 0) is 21.2 Å². The smallest absolute Gasteiger partial charge is 0.241 e. The fraction of sp³-hybridized carbons (Fsp3) is 0.350. The molecule has 0 fully saturated rings. The number of hydrogen-bond acceptors (Lipinski definition) is 4. The number of hydrogen-bond donors (Lipinski definition) is 2. The molecular formula is C20H25FN2O3S2. The molecule has 2 rings (SSSR count). The molecular weight excluding hydrogens is 399 g/mol. The van der Waals surface area contributed by atoms with Gasteiger partial charge < -0.3 is 5.32 Å². The maximum Gasteiger partial charge on any atom is 0.241 e. The number of carbonyl (C=O) groups is 1. The highest BCUT2D eigenvalue weighted by Crippen LogP contribution is 2.12. The Kier molecular flexibility index (Phi) is 8.47. The number of sulfonamides is 1. The molecule has 1 atom stereocenters. The van der Waals surface area contributed by atoms with Crippen LogP contribution < -0.4 is 10.0 Å². The van der Waals surface area contributed by atoms with Crippen LogP contribution in [0.25, 0.3) is 0 Å². The van der Waals surface area contributed by atoms with Crippen LogP contribution in [0.5, 0.6) is 0 Å². The first-order chi connectivity index (χ1) is 13.3. The van der Waals surface area contributed by atoms with E-state index in [1.165, 1.54) is 30.0 Å². The number of amides is 1. The van der Waals surface area contributed by atoms with E-state index in [1.54, 1.807) is 30.3 Å². The second kappa shape index (κ2) is 10.6. The molecule has 0 saturated carbocycles. The quantitative estimate of drug-likeness (QED) is 0.615. The van der Waals surface area contributed by atoms with E-state index in [0.717, 1.165) is 5.56 Å². The summed E-state index contributed by atoms with van der Waals surface area (Å²) in [5.41, 5.74) is 1.45. The first-order valence-corrected chi connectivity index (χ1v) is 11.8. The summed E-state index contributed by atoms with van der Waals surface area (Å²) in [6, 6.07) is 11.9. The van der Waals surface area contributed by atoms with Gasteiger partial charge in [-0.25, -0.2) is 12.8 Å². The summed E-state index contributed by atoms with van der Waals surface area (Å²) in [6.07, 6.45) is 2.58. The van der Waals surface area contributed by atoms with Crippen molar-refractivity contribution in [1.82, 2.24) is 10.0 Å². The molecule has 1 amide bonds. The standard InChI is InChI=1S/C20H25FN2O3S2/c1-15-7-9-17(10-8-15)28(25,26)23-19(12-14-27-2)20(24)22-13-11-16-5-3-4-6-18(16)21/h3-10,19,23H,11-14H2,1-2H3,(H,22,24). The lowest BCUT2D eigenvalue weighted by molar-refractivity contribution is -0.122. The van der Waals surface area contributed by atoms with Crippen LogP contribution in [0, 0.1) is 12.7 Å². The van der Waals surface area contributed by atoms with Gasteiger partial charge in [0.25, 0.3) is 0 Å². The topological polar surface area (TPSA) is 75.3 Å². The number of benzene rings is 2. The van der Waals surface area contributed by atoms with Gasteiger partial charge in [0, 0.05) is 6.54 Å². The zero-order valence-corrected chi connectivity index (χ0v) is 17.6. The Balaban J connectivity index is 2.02. The molecule has 0 bridgehead atoms. The van der Waals surface area contributed by atoms with E-state index in [1.807, 2.05) is 13.2 Å². The fourth-order valence-electron chi connectivity index (χ4n) is 2.60. The molecule has 152 valence electrons. The highest BCUT2D eigenvalue weighted by atomic mass is 32.2. The Morgan fingerprint density at radius 3 is 2.46 bits per heavy atom. The van der Waals surface area contributed by atoms with Crippen molar-refractivity contribution in [2.24, 2.45) is 0 Å². The number of nitrogens with one attached hydrogen (secondary N) is 2. The molecule has 0 heterocycles. The molecule has 0 aliphatic heterocycles. The van der Waals surface area contributed by atoms with Crippen molar-refractivity contribution in [3.63, 3.8) is 0 Å². The highest BCUT2D eigenvalue weighted by molar-refractivity contribution is 7.98. The van der Waals surface area contributed by atoms with Gasteiger partial charge in [-0.05, 0) is 55.5 Å². The largest absolute Gasteiger partial charge is 0.354 e. The zero-order chi connectivity index (χ0) is 20.6. The maximum absolute atomic E-state index is 13.7. The molecule has 8 heteroatoms. The predicted molar refractivity (Wildman–Crippen MR) is 111 cm³/mol. The van der Waals surface area contributed by atoms with E-state index < -0.39 is 22.0 Å². The van der Waals surface area contributed by atoms with Gasteiger partial charge in [0.2, 0.25) is 15.9 Å². The lowest BCUT2D eigenvalue weighted by atomic mass is 10.1. The van der Waals surface area contributed by atoms with Crippen LogP contribution in [0.1, 0.15) is 17.5 Å². The van der Waals surface area contributed by atoms with Gasteiger partial charge >= 0.3 is 0 Å². The minimum Gasteiger partial charge on any atom is -0.354 e. The Morgan fingerprint density at radius 2 is 1.82 bits per heavy atom. The molecule has 0 saturated heterocycles. The summed E-state index contributed by atoms with van der Waals surface area (Å²) < 4.78 is 41.4. The van der Waals surface area contributed by atoms with Crippen molar-refractivity contribution < 1.29 is 17.6 Å². The van der Waals surface area contributed by atoms with Gasteiger partial charge in [-0.2, -0.15) is 16.5 Å². The van der Waals surface area contributed by atoms with Crippen molar-refractivity contribution in [3.8, 4) is 0 Å². The van der Waals surface area contributed by atoms with Crippen molar-refractivity contribution in [2.75, 3.05) is 18.6 Å². The van der Waals surface area contributed by atoms with Gasteiger partial charge in [-0.1, -0.05) is 35.9 Å². The second-order valence-corrected chi connectivity index (χ2v) is 9.10. The Labute approximate surface area is 170 Å². The molecule has 2 aromatic rings. The third-order valence-corrected chi connectivity index (χ3v) is 6.34. The first kappa shape index (κ1) is 22.4. The number of aryl methyl sites for hydroxylation is 1. The van der Waals surface area contributed by atoms with E-state index in [9.17, 15) is 17.6 Å². The molecule has 5 nitrogen and oxygen atoms in total. The first-order valence-electron chi connectivity index (χ1n) is 8.92. The number of halogens is 1. The summed E-state index contributed by atoms with van der Waals surface area (Å²) in [4.78, 5) is 12.7. The van der Waals surface area contributed by atoms with E-state index in [4.69, 9.17) is 0 Å². The number of thioether (sulfide) groups is 1. The number of rotatable bonds is 10. The van der Waals surface area contributed by atoms with Crippen molar-refractivity contribution in [1.29, 1.82) is 0 Å². The Bertz CT molecular complexity index is 887. The molecule has 0 aliphatic rings. The fourth-order valence-corrected chi connectivity index (χ4v) is 4.30. The molecule has 2 aromatic carbocycles. The Hall–Kier alpha value is -1.90. The minimum atomic E-state index is -3.82. The molecule has 0 radical (unpaired) electrons. The second-order valence-electron chi connectivity index (χ2n) is 6.40. The van der Waals surface area contributed by atoms with E-state index >= 15 is 0 Å². The molecule has 2 N–H and O–H groups in total. The van der Waals surface area contributed by atoms with Crippen LogP contribution >= 0.6 is 11.8 Å². The van der Waals surface area contributed by atoms with Gasteiger partial charge in [-0.15, -0.1) is 0 Å². The van der Waals surface area contributed by atoms with Gasteiger partial charge in [0.15, 0.2) is 0 Å². The molecule has 28 heavy (non-hydrogen) atoms. The van der Waals surface area contributed by atoms with Crippen LogP contribution in [0.15, 0.2) is 53.4 Å².